The molecular formula is C11H21NO4. The molecule has 5 nitrogen and oxygen atoms in total. The first kappa shape index (κ1) is 15.2. The highest BCUT2D eigenvalue weighted by molar-refractivity contribution is 5.56. The lowest BCUT2D eigenvalue weighted by atomic mass is 9.80. The van der Waals surface area contributed by atoms with Crippen molar-refractivity contribution < 1.29 is 19.4 Å². The fourth-order valence-electron chi connectivity index (χ4n) is 1.78. The molecule has 0 bridgehead atoms. The van der Waals surface area contributed by atoms with Crippen LogP contribution in [0.3, 0.4) is 0 Å². The van der Waals surface area contributed by atoms with Gasteiger partial charge in [0.25, 0.3) is 0 Å². The van der Waals surface area contributed by atoms with Gasteiger partial charge in [0.1, 0.15) is 12.6 Å². The van der Waals surface area contributed by atoms with Crippen molar-refractivity contribution in [3.63, 3.8) is 0 Å². The summed E-state index contributed by atoms with van der Waals surface area (Å²) < 4.78 is 5.46. The van der Waals surface area contributed by atoms with Crippen molar-refractivity contribution in [1.29, 1.82) is 0 Å². The summed E-state index contributed by atoms with van der Waals surface area (Å²) in [5.74, 6) is -0.0869. The van der Waals surface area contributed by atoms with Gasteiger partial charge in [0.15, 0.2) is 0 Å². The van der Waals surface area contributed by atoms with Crippen LogP contribution in [0.25, 0.3) is 0 Å². The second-order valence-corrected chi connectivity index (χ2v) is 3.95. The molecule has 5 atom stereocenters. The summed E-state index contributed by atoms with van der Waals surface area (Å²) in [5, 5.41) is 8.96. The molecule has 0 aromatic carbocycles. The molecular weight excluding hydrogens is 210 g/mol. The molecule has 0 amide bonds. The minimum atomic E-state index is -0.401. The highest BCUT2D eigenvalue weighted by atomic mass is 16.5. The molecule has 0 saturated carbocycles. The monoisotopic (exact) mass is 231 g/mol. The minimum absolute atomic E-state index is 0.0212. The van der Waals surface area contributed by atoms with Crippen LogP contribution in [0, 0.1) is 11.8 Å². The first-order valence-electron chi connectivity index (χ1n) is 5.40. The zero-order chi connectivity index (χ0) is 12.7. The van der Waals surface area contributed by atoms with E-state index in [4.69, 9.17) is 20.4 Å². The van der Waals surface area contributed by atoms with Crippen molar-refractivity contribution in [3.8, 4) is 0 Å². The number of carbonyl (C=O) groups is 2. The van der Waals surface area contributed by atoms with Gasteiger partial charge in [0.2, 0.25) is 0 Å². The van der Waals surface area contributed by atoms with Crippen molar-refractivity contribution in [2.45, 2.75) is 39.0 Å². The summed E-state index contributed by atoms with van der Waals surface area (Å²) in [6, 6.07) is -0.381. The molecule has 0 aliphatic carbocycles. The largest absolute Gasteiger partial charge is 0.394 e. The normalized spacial score (nSPS) is 38.2. The fraction of sp³-hybridized carbons (Fsp3) is 0.818. The fourth-order valence-corrected chi connectivity index (χ4v) is 1.78. The molecule has 1 saturated heterocycles. The van der Waals surface area contributed by atoms with Crippen LogP contribution in [-0.2, 0) is 14.3 Å². The number of aliphatic hydroxyl groups excluding tert-OH is 1. The Hall–Kier alpha value is -0.780. The second-order valence-electron chi connectivity index (χ2n) is 3.95. The smallest absolute Gasteiger partial charge is 0.125 e. The number of rotatable bonds is 2. The lowest BCUT2D eigenvalue weighted by Crippen LogP contribution is -2.55. The second kappa shape index (κ2) is 7.49. The van der Waals surface area contributed by atoms with Crippen molar-refractivity contribution in [2.24, 2.45) is 17.6 Å². The molecule has 1 rings (SSSR count). The van der Waals surface area contributed by atoms with Gasteiger partial charge in [-0.3, -0.25) is 0 Å². The Balaban J connectivity index is 0.000000673. The van der Waals surface area contributed by atoms with Gasteiger partial charge in [-0.15, -0.1) is 0 Å². The third-order valence-corrected chi connectivity index (χ3v) is 2.95. The molecule has 16 heavy (non-hydrogen) atoms. The average molecular weight is 231 g/mol. The molecule has 1 aliphatic heterocycles. The van der Waals surface area contributed by atoms with E-state index in [1.54, 1.807) is 0 Å². The van der Waals surface area contributed by atoms with Crippen LogP contribution in [-0.4, -0.2) is 42.5 Å². The van der Waals surface area contributed by atoms with Gasteiger partial charge in [-0.05, 0) is 19.8 Å². The average Bonchev–Trinajstić information content (AvgIpc) is 2.25. The van der Waals surface area contributed by atoms with E-state index in [1.165, 1.54) is 6.92 Å². The van der Waals surface area contributed by atoms with Gasteiger partial charge >= 0.3 is 0 Å². The number of aliphatic hydroxyl groups is 1. The SMILES string of the molecule is CC1O[C@@H](CO)C(N)[C@H](C=O)[C@@H]1C.CC=O. The Bertz CT molecular complexity index is 222. The van der Waals surface area contributed by atoms with Gasteiger partial charge in [-0.2, -0.15) is 0 Å². The van der Waals surface area contributed by atoms with Gasteiger partial charge in [-0.1, -0.05) is 6.92 Å². The maximum Gasteiger partial charge on any atom is 0.125 e. The molecule has 0 radical (unpaired) electrons. The number of carbonyl (C=O) groups excluding carboxylic acids is 2. The zero-order valence-corrected chi connectivity index (χ0v) is 10.00. The van der Waals surface area contributed by atoms with E-state index >= 15 is 0 Å². The Morgan fingerprint density at radius 1 is 1.38 bits per heavy atom. The summed E-state index contributed by atoms with van der Waals surface area (Å²) in [4.78, 5) is 19.6. The van der Waals surface area contributed by atoms with Crippen molar-refractivity contribution in [2.75, 3.05) is 6.61 Å². The van der Waals surface area contributed by atoms with Crippen LogP contribution < -0.4 is 5.73 Å². The third kappa shape index (κ3) is 3.66. The number of nitrogens with two attached hydrogens (primary N) is 1. The van der Waals surface area contributed by atoms with E-state index < -0.39 is 6.10 Å². The van der Waals surface area contributed by atoms with Gasteiger partial charge < -0.3 is 25.2 Å². The quantitative estimate of drug-likeness (QED) is 0.640. The highest BCUT2D eigenvalue weighted by Crippen LogP contribution is 2.28. The van der Waals surface area contributed by atoms with E-state index in [1.807, 2.05) is 13.8 Å². The van der Waals surface area contributed by atoms with E-state index in [0.717, 1.165) is 12.6 Å². The Morgan fingerprint density at radius 2 is 1.88 bits per heavy atom. The number of hydrogen-bond donors (Lipinski definition) is 2. The summed E-state index contributed by atoms with van der Waals surface area (Å²) in [6.07, 6.45) is 1.20. The molecule has 0 aromatic heterocycles. The van der Waals surface area contributed by atoms with E-state index in [-0.39, 0.29) is 30.6 Å². The summed E-state index contributed by atoms with van der Waals surface area (Å²) in [5.41, 5.74) is 5.78. The van der Waals surface area contributed by atoms with Crippen molar-refractivity contribution in [1.82, 2.24) is 0 Å². The predicted molar refractivity (Wildman–Crippen MR) is 59.9 cm³/mol. The lowest BCUT2D eigenvalue weighted by Gasteiger charge is -2.40. The number of ether oxygens (including phenoxy) is 1. The maximum atomic E-state index is 10.8. The van der Waals surface area contributed by atoms with Gasteiger partial charge in [0.05, 0.1) is 18.8 Å². The van der Waals surface area contributed by atoms with Gasteiger partial charge in [-0.25, -0.2) is 0 Å². The number of aldehydes is 2. The molecule has 1 fully saturated rings. The van der Waals surface area contributed by atoms with Gasteiger partial charge in [0, 0.05) is 12.0 Å². The van der Waals surface area contributed by atoms with E-state index in [9.17, 15) is 4.79 Å². The first-order valence-corrected chi connectivity index (χ1v) is 5.40. The van der Waals surface area contributed by atoms with Crippen LogP contribution in [0.5, 0.6) is 0 Å². The Kier molecular flexibility index (Phi) is 7.12. The summed E-state index contributed by atoms with van der Waals surface area (Å²) in [7, 11) is 0. The predicted octanol–water partition coefficient (Wildman–Crippen LogP) is -0.250. The summed E-state index contributed by atoms with van der Waals surface area (Å²) >= 11 is 0. The van der Waals surface area contributed by atoms with Crippen molar-refractivity contribution >= 4 is 12.6 Å². The van der Waals surface area contributed by atoms with Crippen LogP contribution in [0.15, 0.2) is 0 Å². The molecule has 2 unspecified atom stereocenters. The maximum absolute atomic E-state index is 10.8. The Morgan fingerprint density at radius 3 is 2.25 bits per heavy atom. The van der Waals surface area contributed by atoms with E-state index in [0.29, 0.717) is 0 Å². The molecule has 1 heterocycles. The third-order valence-electron chi connectivity index (χ3n) is 2.95. The molecule has 5 heteroatoms. The first-order chi connectivity index (χ1) is 7.53. The van der Waals surface area contributed by atoms with E-state index in [2.05, 4.69) is 0 Å². The molecule has 94 valence electrons. The number of hydrogen-bond acceptors (Lipinski definition) is 5. The molecule has 1 aliphatic rings. The molecule has 0 spiro atoms. The topological polar surface area (TPSA) is 89.6 Å². The minimum Gasteiger partial charge on any atom is -0.394 e. The van der Waals surface area contributed by atoms with Crippen LogP contribution in [0.4, 0.5) is 0 Å². The Labute approximate surface area is 96.0 Å². The van der Waals surface area contributed by atoms with Crippen LogP contribution in [0.2, 0.25) is 0 Å². The standard InChI is InChI=1S/C9H17NO3.C2H4O/c1-5-6(2)13-8(4-12)9(10)7(5)3-11;1-2-3/h3,5-9,12H,4,10H2,1-2H3;2H,1H3/t5-,6?,7-,8+,9?;/m1./s1. The highest BCUT2D eigenvalue weighted by Gasteiger charge is 2.39. The molecule has 3 N–H and O–H groups in total. The zero-order valence-electron chi connectivity index (χ0n) is 10.00. The van der Waals surface area contributed by atoms with Crippen molar-refractivity contribution in [3.05, 3.63) is 0 Å². The molecule has 0 aromatic rings. The van der Waals surface area contributed by atoms with Crippen LogP contribution >= 0.6 is 0 Å². The lowest BCUT2D eigenvalue weighted by molar-refractivity contribution is -0.139. The summed E-state index contributed by atoms with van der Waals surface area (Å²) in [6.45, 7) is 5.16. The van der Waals surface area contributed by atoms with Crippen LogP contribution in [0.1, 0.15) is 20.8 Å².